The van der Waals surface area contributed by atoms with Crippen molar-refractivity contribution >= 4 is 25.2 Å². The zero-order valence-electron chi connectivity index (χ0n) is 15.0. The third-order valence-corrected chi connectivity index (χ3v) is 8.92. The molecule has 0 aliphatic carbocycles. The van der Waals surface area contributed by atoms with Crippen LogP contribution in [0.2, 0.25) is 18.1 Å². The highest BCUT2D eigenvalue weighted by molar-refractivity contribution is 6.74. The highest BCUT2D eigenvalue weighted by Gasteiger charge is 2.38. The molecule has 2 rings (SSSR count). The van der Waals surface area contributed by atoms with Gasteiger partial charge in [-0.3, -0.25) is 4.79 Å². The monoisotopic (exact) mass is 333 g/mol. The van der Waals surface area contributed by atoms with Gasteiger partial charge in [-0.25, -0.2) is 0 Å². The normalized spacial score (nSPS) is 12.4. The summed E-state index contributed by atoms with van der Waals surface area (Å²) in [6.07, 6.45) is 2.02. The maximum absolute atomic E-state index is 10.9. The Morgan fingerprint density at radius 1 is 1.22 bits per heavy atom. The van der Waals surface area contributed by atoms with Gasteiger partial charge in [0.25, 0.3) is 0 Å². The first kappa shape index (κ1) is 17.6. The van der Waals surface area contributed by atoms with E-state index in [1.165, 1.54) is 6.92 Å². The highest BCUT2D eigenvalue weighted by atomic mass is 28.4. The number of nitrogens with zero attached hydrogens (tertiary/aromatic N) is 1. The summed E-state index contributed by atoms with van der Waals surface area (Å²) in [5.74, 6) is 0.667. The maximum Gasteiger partial charge on any atom is 0.302 e. The third-order valence-electron chi connectivity index (χ3n) is 4.56. The molecule has 126 valence electrons. The molecule has 0 amide bonds. The van der Waals surface area contributed by atoms with Gasteiger partial charge in [0.2, 0.25) is 8.32 Å². The number of esters is 1. The fourth-order valence-electron chi connectivity index (χ4n) is 2.16. The molecule has 0 saturated carbocycles. The molecule has 23 heavy (non-hydrogen) atoms. The predicted octanol–water partition coefficient (Wildman–Crippen LogP) is 4.59. The van der Waals surface area contributed by atoms with Gasteiger partial charge in [-0.1, -0.05) is 20.8 Å². The van der Waals surface area contributed by atoms with E-state index in [4.69, 9.17) is 9.16 Å². The lowest BCUT2D eigenvalue weighted by Crippen LogP contribution is -2.43. The van der Waals surface area contributed by atoms with Crippen LogP contribution >= 0.6 is 0 Å². The second-order valence-corrected chi connectivity index (χ2v) is 12.2. The lowest BCUT2D eigenvalue weighted by Gasteiger charge is -2.36. The minimum Gasteiger partial charge on any atom is -0.543 e. The largest absolute Gasteiger partial charge is 0.543 e. The number of ether oxygens (including phenoxy) is 1. The molecule has 1 heterocycles. The van der Waals surface area contributed by atoms with E-state index in [0.717, 1.165) is 16.7 Å². The van der Waals surface area contributed by atoms with Crippen LogP contribution in [0.3, 0.4) is 0 Å². The summed E-state index contributed by atoms with van der Waals surface area (Å²) in [6, 6.07) is 8.28. The van der Waals surface area contributed by atoms with Crippen molar-refractivity contribution in [2.75, 3.05) is 6.61 Å². The van der Waals surface area contributed by atoms with Crippen LogP contribution in [-0.2, 0) is 16.1 Å². The van der Waals surface area contributed by atoms with Gasteiger partial charge in [0.05, 0.1) is 12.1 Å². The van der Waals surface area contributed by atoms with Crippen molar-refractivity contribution in [2.24, 2.45) is 0 Å². The Morgan fingerprint density at radius 2 is 1.91 bits per heavy atom. The van der Waals surface area contributed by atoms with Crippen LogP contribution in [0.5, 0.6) is 5.75 Å². The first-order valence-corrected chi connectivity index (χ1v) is 10.9. The quantitative estimate of drug-likeness (QED) is 0.593. The van der Waals surface area contributed by atoms with Crippen molar-refractivity contribution in [3.63, 3.8) is 0 Å². The number of aromatic nitrogens is 1. The summed E-state index contributed by atoms with van der Waals surface area (Å²) < 4.78 is 13.5. The smallest absolute Gasteiger partial charge is 0.302 e. The van der Waals surface area contributed by atoms with Crippen molar-refractivity contribution < 1.29 is 14.0 Å². The molecule has 0 atom stereocenters. The second-order valence-electron chi connectivity index (χ2n) is 7.43. The van der Waals surface area contributed by atoms with Crippen LogP contribution in [0.15, 0.2) is 30.5 Å². The van der Waals surface area contributed by atoms with Crippen LogP contribution in [0, 0.1) is 0 Å². The van der Waals surface area contributed by atoms with Crippen molar-refractivity contribution in [1.29, 1.82) is 0 Å². The molecule has 0 bridgehead atoms. The van der Waals surface area contributed by atoms with Gasteiger partial charge in [-0.05, 0) is 41.7 Å². The van der Waals surface area contributed by atoms with Crippen LogP contribution in [0.25, 0.3) is 10.9 Å². The van der Waals surface area contributed by atoms with Crippen molar-refractivity contribution in [1.82, 2.24) is 4.57 Å². The van der Waals surface area contributed by atoms with E-state index in [1.807, 2.05) is 12.3 Å². The number of hydrogen-bond acceptors (Lipinski definition) is 3. The molecular weight excluding hydrogens is 306 g/mol. The van der Waals surface area contributed by atoms with Gasteiger partial charge in [0, 0.05) is 19.2 Å². The molecule has 0 aliphatic heterocycles. The average Bonchev–Trinajstić information content (AvgIpc) is 2.79. The van der Waals surface area contributed by atoms with E-state index in [1.54, 1.807) is 0 Å². The molecular formula is C18H27NO3Si. The molecule has 2 aromatic rings. The van der Waals surface area contributed by atoms with Gasteiger partial charge >= 0.3 is 5.97 Å². The van der Waals surface area contributed by atoms with E-state index in [2.05, 4.69) is 56.6 Å². The highest BCUT2D eigenvalue weighted by Crippen LogP contribution is 2.37. The van der Waals surface area contributed by atoms with Gasteiger partial charge in [0.1, 0.15) is 12.4 Å². The van der Waals surface area contributed by atoms with Gasteiger partial charge < -0.3 is 13.7 Å². The molecule has 0 radical (unpaired) electrons. The first-order valence-electron chi connectivity index (χ1n) is 8.01. The molecule has 1 aromatic heterocycles. The zero-order chi connectivity index (χ0) is 17.3. The van der Waals surface area contributed by atoms with E-state index < -0.39 is 8.32 Å². The van der Waals surface area contributed by atoms with Crippen LogP contribution in [-0.4, -0.2) is 25.5 Å². The number of hydrogen-bond donors (Lipinski definition) is 0. The second kappa shape index (κ2) is 6.39. The summed E-state index contributed by atoms with van der Waals surface area (Å²) in [4.78, 5) is 10.9. The Kier molecular flexibility index (Phi) is 4.89. The van der Waals surface area contributed by atoms with E-state index in [9.17, 15) is 4.79 Å². The Labute approximate surface area is 139 Å². The summed E-state index contributed by atoms with van der Waals surface area (Å²) in [7, 11) is -1.85. The molecule has 0 unspecified atom stereocenters. The van der Waals surface area contributed by atoms with E-state index >= 15 is 0 Å². The summed E-state index contributed by atoms with van der Waals surface area (Å²) in [6.45, 7) is 13.7. The summed E-state index contributed by atoms with van der Waals surface area (Å²) in [5, 5.41) is 1.33. The number of fused-ring (bicyclic) bond motifs is 1. The molecule has 1 aromatic carbocycles. The fraction of sp³-hybridized carbons (Fsp3) is 0.500. The number of benzene rings is 1. The lowest BCUT2D eigenvalue weighted by molar-refractivity contribution is -0.141. The average molecular weight is 334 g/mol. The van der Waals surface area contributed by atoms with Crippen LogP contribution < -0.4 is 4.43 Å². The minimum atomic E-state index is -1.85. The van der Waals surface area contributed by atoms with Crippen molar-refractivity contribution in [3.05, 3.63) is 30.5 Å². The van der Waals surface area contributed by atoms with Crippen LogP contribution in [0.1, 0.15) is 27.7 Å². The Hall–Kier alpha value is -1.75. The first-order chi connectivity index (χ1) is 10.6. The minimum absolute atomic E-state index is 0.166. The Morgan fingerprint density at radius 3 is 2.52 bits per heavy atom. The van der Waals surface area contributed by atoms with Gasteiger partial charge in [-0.15, -0.1) is 0 Å². The molecule has 0 N–H and O–H groups in total. The topological polar surface area (TPSA) is 40.5 Å². The number of carbonyl (C=O) groups is 1. The Balaban J connectivity index is 2.22. The summed E-state index contributed by atoms with van der Waals surface area (Å²) >= 11 is 0. The molecule has 0 aliphatic rings. The molecule has 5 heteroatoms. The molecule has 4 nitrogen and oxygen atoms in total. The maximum atomic E-state index is 10.9. The SMILES string of the molecule is CC(=O)OCCn1ccc2ccc(O[Si](C)(C)C(C)(C)C)cc21. The third kappa shape index (κ3) is 4.16. The van der Waals surface area contributed by atoms with Gasteiger partial charge in [-0.2, -0.15) is 0 Å². The molecule has 0 saturated heterocycles. The lowest BCUT2D eigenvalue weighted by atomic mass is 10.2. The van der Waals surface area contributed by atoms with E-state index in [0.29, 0.717) is 13.2 Å². The predicted molar refractivity (Wildman–Crippen MR) is 96.4 cm³/mol. The number of rotatable bonds is 5. The van der Waals surface area contributed by atoms with Crippen LogP contribution in [0.4, 0.5) is 0 Å². The standard InChI is InChI=1S/C18H27NO3Si/c1-14(20)21-12-11-19-10-9-15-7-8-16(13-17(15)19)22-23(5,6)18(2,3)4/h7-10,13H,11-12H2,1-6H3. The van der Waals surface area contributed by atoms with E-state index in [-0.39, 0.29) is 11.0 Å². The summed E-state index contributed by atoms with van der Waals surface area (Å²) in [5.41, 5.74) is 1.10. The fourth-order valence-corrected chi connectivity index (χ4v) is 3.18. The van der Waals surface area contributed by atoms with Crippen molar-refractivity contribution in [3.8, 4) is 5.75 Å². The molecule has 0 fully saturated rings. The van der Waals surface area contributed by atoms with Gasteiger partial charge in [0.15, 0.2) is 0 Å². The number of carbonyl (C=O) groups excluding carboxylic acids is 1. The molecule has 0 spiro atoms. The van der Waals surface area contributed by atoms with Crippen molar-refractivity contribution in [2.45, 2.75) is 52.4 Å². The Bertz CT molecular complexity index is 698. The zero-order valence-corrected chi connectivity index (χ0v) is 16.0.